The van der Waals surface area contributed by atoms with Gasteiger partial charge in [0, 0.05) is 5.56 Å². The Morgan fingerprint density at radius 3 is 2.29 bits per heavy atom. The zero-order chi connectivity index (χ0) is 12.6. The third-order valence-electron chi connectivity index (χ3n) is 2.67. The average molecular weight is 248 g/mol. The number of carbonyl (C=O) groups is 2. The number of aliphatic hydroxyl groups is 1. The Morgan fingerprint density at radius 1 is 1.24 bits per heavy atom. The summed E-state index contributed by atoms with van der Waals surface area (Å²) in [6.45, 7) is 3.60. The van der Waals surface area contributed by atoms with Crippen molar-refractivity contribution in [3.05, 3.63) is 41.0 Å². The molecule has 0 aliphatic carbocycles. The smallest absolute Gasteiger partial charge is 0.227 e. The normalized spacial score (nSPS) is 23.1. The number of ketones is 1. The van der Waals surface area contributed by atoms with Gasteiger partial charge in [0.05, 0.1) is 5.25 Å². The predicted octanol–water partition coefficient (Wildman–Crippen LogP) is 2.50. The van der Waals surface area contributed by atoms with Crippen molar-refractivity contribution in [2.24, 2.45) is 0 Å². The van der Waals surface area contributed by atoms with Gasteiger partial charge in [-0.1, -0.05) is 41.6 Å². The van der Waals surface area contributed by atoms with Gasteiger partial charge in [0.15, 0.2) is 5.78 Å². The molecule has 17 heavy (non-hydrogen) atoms. The van der Waals surface area contributed by atoms with Crippen LogP contribution in [0.4, 0.5) is 0 Å². The molecule has 0 aromatic heterocycles. The Labute approximate surface area is 104 Å². The quantitative estimate of drug-likeness (QED) is 0.471. The van der Waals surface area contributed by atoms with E-state index in [1.54, 1.807) is 19.1 Å². The Morgan fingerprint density at radius 2 is 1.82 bits per heavy atom. The van der Waals surface area contributed by atoms with E-state index in [0.29, 0.717) is 5.56 Å². The van der Waals surface area contributed by atoms with Gasteiger partial charge in [-0.2, -0.15) is 0 Å². The maximum absolute atomic E-state index is 11.7. The third kappa shape index (κ3) is 2.13. The molecule has 1 saturated heterocycles. The van der Waals surface area contributed by atoms with Crippen LogP contribution in [0.1, 0.15) is 18.1 Å². The summed E-state index contributed by atoms with van der Waals surface area (Å²) in [5.41, 5.74) is 1.48. The Balaban J connectivity index is 2.48. The molecular formula is C13H12O3S. The number of rotatable bonds is 1. The zero-order valence-electron chi connectivity index (χ0n) is 9.56. The highest BCUT2D eigenvalue weighted by Gasteiger charge is 2.37. The molecule has 0 bridgehead atoms. The molecule has 1 aromatic rings. The summed E-state index contributed by atoms with van der Waals surface area (Å²) in [6, 6.07) is 7.05. The highest BCUT2D eigenvalue weighted by Crippen LogP contribution is 2.33. The van der Waals surface area contributed by atoms with E-state index in [1.807, 2.05) is 19.1 Å². The van der Waals surface area contributed by atoms with E-state index in [9.17, 15) is 14.7 Å². The summed E-state index contributed by atoms with van der Waals surface area (Å²) in [5, 5.41) is 9.25. The van der Waals surface area contributed by atoms with E-state index in [1.165, 1.54) is 0 Å². The lowest BCUT2D eigenvalue weighted by molar-refractivity contribution is -0.116. The van der Waals surface area contributed by atoms with Gasteiger partial charge in [0.1, 0.15) is 11.3 Å². The fraction of sp³-hybridized carbons (Fsp3) is 0.231. The van der Waals surface area contributed by atoms with Crippen LogP contribution in [0.5, 0.6) is 0 Å². The van der Waals surface area contributed by atoms with Gasteiger partial charge in [-0.3, -0.25) is 9.59 Å². The van der Waals surface area contributed by atoms with Gasteiger partial charge in [-0.05, 0) is 13.8 Å². The Hall–Kier alpha value is -1.55. The highest BCUT2D eigenvalue weighted by molar-refractivity contribution is 8.16. The fourth-order valence-corrected chi connectivity index (χ4v) is 2.51. The topological polar surface area (TPSA) is 54.4 Å². The molecule has 1 N–H and O–H groups in total. The maximum atomic E-state index is 11.7. The Bertz CT molecular complexity index is 514. The van der Waals surface area contributed by atoms with Gasteiger partial charge in [-0.25, -0.2) is 0 Å². The standard InChI is InChI=1S/C13H12O3S/c1-7-3-5-9(6-4-7)12(15)10-11(14)8(2)17-13(10)16/h3-6,8,15H,1-2H3/b12-10-. The lowest BCUT2D eigenvalue weighted by Crippen LogP contribution is -2.10. The minimum Gasteiger partial charge on any atom is -0.506 e. The summed E-state index contributed by atoms with van der Waals surface area (Å²) >= 11 is 0.956. The zero-order valence-corrected chi connectivity index (χ0v) is 10.4. The van der Waals surface area contributed by atoms with Crippen molar-refractivity contribution in [1.82, 2.24) is 0 Å². The van der Waals surface area contributed by atoms with Gasteiger partial charge >= 0.3 is 0 Å². The first-order valence-electron chi connectivity index (χ1n) is 5.26. The van der Waals surface area contributed by atoms with E-state index in [-0.39, 0.29) is 22.2 Å². The van der Waals surface area contributed by atoms with E-state index in [0.717, 1.165) is 17.3 Å². The van der Waals surface area contributed by atoms with Crippen molar-refractivity contribution in [3.63, 3.8) is 0 Å². The molecule has 1 aliphatic heterocycles. The van der Waals surface area contributed by atoms with Gasteiger partial charge in [-0.15, -0.1) is 0 Å². The van der Waals surface area contributed by atoms with E-state index >= 15 is 0 Å². The minimum absolute atomic E-state index is 0.0775. The summed E-state index contributed by atoms with van der Waals surface area (Å²) < 4.78 is 0. The lowest BCUT2D eigenvalue weighted by atomic mass is 10.0. The largest absolute Gasteiger partial charge is 0.506 e. The average Bonchev–Trinajstić information content (AvgIpc) is 2.53. The molecule has 1 aliphatic rings. The monoisotopic (exact) mass is 248 g/mol. The molecule has 1 atom stereocenters. The molecule has 1 aromatic carbocycles. The van der Waals surface area contributed by atoms with E-state index in [4.69, 9.17) is 0 Å². The molecule has 3 nitrogen and oxygen atoms in total. The SMILES string of the molecule is Cc1ccc(/C(O)=C2/C(=O)SC(C)C2=O)cc1. The number of hydrogen-bond acceptors (Lipinski definition) is 4. The summed E-state index contributed by atoms with van der Waals surface area (Å²) in [5.74, 6) is -0.505. The first-order valence-corrected chi connectivity index (χ1v) is 6.14. The molecular weight excluding hydrogens is 236 g/mol. The van der Waals surface area contributed by atoms with E-state index in [2.05, 4.69) is 0 Å². The molecule has 0 radical (unpaired) electrons. The van der Waals surface area contributed by atoms with Crippen LogP contribution < -0.4 is 0 Å². The summed E-state index contributed by atoms with van der Waals surface area (Å²) in [6.07, 6.45) is 0. The van der Waals surface area contributed by atoms with Crippen molar-refractivity contribution >= 4 is 28.4 Å². The van der Waals surface area contributed by atoms with Crippen LogP contribution >= 0.6 is 11.8 Å². The molecule has 0 saturated carbocycles. The molecule has 88 valence electrons. The second kappa shape index (κ2) is 4.37. The third-order valence-corrected chi connectivity index (χ3v) is 3.65. The van der Waals surface area contributed by atoms with Crippen LogP contribution in [0.3, 0.4) is 0 Å². The molecule has 1 unspecified atom stereocenters. The van der Waals surface area contributed by atoms with Gasteiger partial charge < -0.3 is 5.11 Å². The fourth-order valence-electron chi connectivity index (χ4n) is 1.65. The molecule has 0 spiro atoms. The summed E-state index contributed by atoms with van der Waals surface area (Å²) in [4.78, 5) is 23.3. The minimum atomic E-state index is -0.398. The van der Waals surface area contributed by atoms with Crippen molar-refractivity contribution < 1.29 is 14.7 Å². The number of hydrogen-bond donors (Lipinski definition) is 1. The van der Waals surface area contributed by atoms with Crippen molar-refractivity contribution in [3.8, 4) is 0 Å². The lowest BCUT2D eigenvalue weighted by Gasteiger charge is -2.03. The maximum Gasteiger partial charge on any atom is 0.227 e. The van der Waals surface area contributed by atoms with Crippen LogP contribution in [-0.2, 0) is 9.59 Å². The molecule has 4 heteroatoms. The van der Waals surface area contributed by atoms with Crippen LogP contribution in [0.25, 0.3) is 5.76 Å². The number of thioether (sulfide) groups is 1. The van der Waals surface area contributed by atoms with Crippen LogP contribution in [-0.4, -0.2) is 21.3 Å². The number of benzene rings is 1. The Kier molecular flexibility index (Phi) is 3.07. The second-order valence-electron chi connectivity index (χ2n) is 4.00. The predicted molar refractivity (Wildman–Crippen MR) is 67.8 cm³/mol. The highest BCUT2D eigenvalue weighted by atomic mass is 32.2. The molecule has 2 rings (SSSR count). The van der Waals surface area contributed by atoms with Crippen molar-refractivity contribution in [2.45, 2.75) is 19.1 Å². The van der Waals surface area contributed by atoms with Gasteiger partial charge in [0.2, 0.25) is 5.12 Å². The first kappa shape index (κ1) is 11.9. The van der Waals surface area contributed by atoms with Crippen molar-refractivity contribution in [1.29, 1.82) is 0 Å². The van der Waals surface area contributed by atoms with Gasteiger partial charge in [0.25, 0.3) is 0 Å². The van der Waals surface area contributed by atoms with E-state index < -0.39 is 5.25 Å². The molecule has 0 amide bonds. The number of aliphatic hydroxyl groups excluding tert-OH is 1. The van der Waals surface area contributed by atoms with Crippen molar-refractivity contribution in [2.75, 3.05) is 0 Å². The number of aryl methyl sites for hydroxylation is 1. The molecule has 1 heterocycles. The van der Waals surface area contributed by atoms with Crippen LogP contribution in [0.15, 0.2) is 29.8 Å². The first-order chi connectivity index (χ1) is 8.00. The number of Topliss-reactive ketones (excluding diaryl/α,β-unsaturated/α-hetero) is 1. The summed E-state index contributed by atoms with van der Waals surface area (Å²) in [7, 11) is 0. The number of carbonyl (C=O) groups excluding carboxylic acids is 2. The molecule has 1 fully saturated rings. The second-order valence-corrected chi connectivity index (χ2v) is 5.32. The van der Waals surface area contributed by atoms with Crippen LogP contribution in [0.2, 0.25) is 0 Å². The van der Waals surface area contributed by atoms with Crippen LogP contribution in [0, 0.1) is 6.92 Å².